The standard InChI is InChI=1S/C7H9BrN2O/c1-7(2,11)5-3-9-6(8)10-4-5/h3-4,11H,1-2H3. The Labute approximate surface area is 73.6 Å². The van der Waals surface area contributed by atoms with Crippen molar-refractivity contribution in [2.45, 2.75) is 19.4 Å². The van der Waals surface area contributed by atoms with Gasteiger partial charge in [-0.25, -0.2) is 9.97 Å². The second-order valence-corrected chi connectivity index (χ2v) is 3.51. The summed E-state index contributed by atoms with van der Waals surface area (Å²) >= 11 is 3.11. The van der Waals surface area contributed by atoms with Gasteiger partial charge in [-0.05, 0) is 29.8 Å². The first-order chi connectivity index (χ1) is 5.00. The molecule has 0 saturated heterocycles. The Kier molecular flexibility index (Phi) is 2.25. The van der Waals surface area contributed by atoms with Crippen LogP contribution >= 0.6 is 15.9 Å². The molecule has 0 aliphatic rings. The first kappa shape index (κ1) is 8.62. The van der Waals surface area contributed by atoms with E-state index in [2.05, 4.69) is 25.9 Å². The van der Waals surface area contributed by atoms with Crippen LogP contribution in [0.2, 0.25) is 0 Å². The van der Waals surface area contributed by atoms with Crippen LogP contribution < -0.4 is 0 Å². The quantitative estimate of drug-likeness (QED) is 0.724. The van der Waals surface area contributed by atoms with Crippen molar-refractivity contribution in [2.75, 3.05) is 0 Å². The molecule has 3 nitrogen and oxygen atoms in total. The Morgan fingerprint density at radius 2 is 1.82 bits per heavy atom. The molecule has 4 heteroatoms. The van der Waals surface area contributed by atoms with E-state index >= 15 is 0 Å². The van der Waals surface area contributed by atoms with Crippen molar-refractivity contribution in [3.63, 3.8) is 0 Å². The van der Waals surface area contributed by atoms with Crippen LogP contribution in [0.15, 0.2) is 17.1 Å². The van der Waals surface area contributed by atoms with Gasteiger partial charge in [-0.2, -0.15) is 0 Å². The van der Waals surface area contributed by atoms with Crippen LogP contribution in [-0.2, 0) is 5.60 Å². The highest BCUT2D eigenvalue weighted by Gasteiger charge is 2.16. The zero-order valence-corrected chi connectivity index (χ0v) is 7.96. The van der Waals surface area contributed by atoms with E-state index in [1.165, 1.54) is 0 Å². The van der Waals surface area contributed by atoms with E-state index < -0.39 is 5.60 Å². The Bertz CT molecular complexity index is 240. The van der Waals surface area contributed by atoms with Crippen LogP contribution in [0.1, 0.15) is 19.4 Å². The number of hydrogen-bond acceptors (Lipinski definition) is 3. The average molecular weight is 217 g/mol. The van der Waals surface area contributed by atoms with E-state index in [1.54, 1.807) is 26.2 Å². The van der Waals surface area contributed by atoms with Crippen LogP contribution in [0.3, 0.4) is 0 Å². The van der Waals surface area contributed by atoms with E-state index in [4.69, 9.17) is 0 Å². The third-order valence-corrected chi connectivity index (χ3v) is 1.74. The maximum absolute atomic E-state index is 9.48. The third kappa shape index (κ3) is 2.24. The van der Waals surface area contributed by atoms with Crippen LogP contribution in [0.5, 0.6) is 0 Å². The Balaban J connectivity index is 2.99. The normalized spacial score (nSPS) is 11.6. The summed E-state index contributed by atoms with van der Waals surface area (Å²) in [5.41, 5.74) is -0.151. The van der Waals surface area contributed by atoms with Gasteiger partial charge in [0.15, 0.2) is 4.73 Å². The lowest BCUT2D eigenvalue weighted by molar-refractivity contribution is 0.0777. The van der Waals surface area contributed by atoms with Crippen LogP contribution in [-0.4, -0.2) is 15.1 Å². The molecule has 0 radical (unpaired) electrons. The van der Waals surface area contributed by atoms with Crippen LogP contribution in [0.4, 0.5) is 0 Å². The molecule has 0 fully saturated rings. The topological polar surface area (TPSA) is 46.0 Å². The second kappa shape index (κ2) is 2.87. The van der Waals surface area contributed by atoms with E-state index in [0.717, 1.165) is 0 Å². The molecule has 0 unspecified atom stereocenters. The van der Waals surface area contributed by atoms with Gasteiger partial charge in [0.1, 0.15) is 0 Å². The van der Waals surface area contributed by atoms with E-state index in [0.29, 0.717) is 10.3 Å². The molecule has 0 spiro atoms. The predicted octanol–water partition coefficient (Wildman–Crippen LogP) is 1.47. The fourth-order valence-electron chi connectivity index (χ4n) is 0.628. The highest BCUT2D eigenvalue weighted by atomic mass is 79.9. The first-order valence-corrected chi connectivity index (χ1v) is 4.00. The fourth-order valence-corrected chi connectivity index (χ4v) is 0.833. The fraction of sp³-hybridized carbons (Fsp3) is 0.429. The second-order valence-electron chi connectivity index (χ2n) is 2.80. The summed E-state index contributed by atoms with van der Waals surface area (Å²) in [6.45, 7) is 3.39. The summed E-state index contributed by atoms with van der Waals surface area (Å²) in [7, 11) is 0. The molecule has 0 aliphatic carbocycles. The monoisotopic (exact) mass is 216 g/mol. The van der Waals surface area contributed by atoms with E-state index in [-0.39, 0.29) is 0 Å². The molecular formula is C7H9BrN2O. The number of rotatable bonds is 1. The molecule has 0 amide bonds. The van der Waals surface area contributed by atoms with Gasteiger partial charge in [-0.3, -0.25) is 0 Å². The number of hydrogen-bond donors (Lipinski definition) is 1. The van der Waals surface area contributed by atoms with Crippen molar-refractivity contribution in [2.24, 2.45) is 0 Å². The third-order valence-electron chi connectivity index (χ3n) is 1.33. The van der Waals surface area contributed by atoms with Crippen LogP contribution in [0, 0.1) is 0 Å². The lowest BCUT2D eigenvalue weighted by Gasteiger charge is -2.15. The minimum atomic E-state index is -0.860. The number of aromatic nitrogens is 2. The molecule has 0 saturated carbocycles. The van der Waals surface area contributed by atoms with Crippen molar-refractivity contribution < 1.29 is 5.11 Å². The molecule has 11 heavy (non-hydrogen) atoms. The zero-order chi connectivity index (χ0) is 8.48. The van der Waals surface area contributed by atoms with Gasteiger partial charge in [-0.1, -0.05) is 0 Å². The summed E-state index contributed by atoms with van der Waals surface area (Å²) in [5, 5.41) is 9.48. The number of halogens is 1. The Hall–Kier alpha value is -0.480. The maximum Gasteiger partial charge on any atom is 0.196 e. The highest BCUT2D eigenvalue weighted by Crippen LogP contribution is 2.17. The van der Waals surface area contributed by atoms with Crippen molar-refractivity contribution in [3.05, 3.63) is 22.7 Å². The molecule has 1 N–H and O–H groups in total. The Morgan fingerprint density at radius 3 is 2.18 bits per heavy atom. The molecule has 1 aromatic rings. The lowest BCUT2D eigenvalue weighted by atomic mass is 10.0. The van der Waals surface area contributed by atoms with Gasteiger partial charge < -0.3 is 5.11 Å². The molecule has 60 valence electrons. The van der Waals surface area contributed by atoms with Gasteiger partial charge in [0.05, 0.1) is 5.60 Å². The summed E-state index contributed by atoms with van der Waals surface area (Å²) in [6, 6.07) is 0. The molecule has 0 aromatic carbocycles. The highest BCUT2D eigenvalue weighted by molar-refractivity contribution is 9.10. The summed E-state index contributed by atoms with van der Waals surface area (Å²) < 4.78 is 0.533. The summed E-state index contributed by atoms with van der Waals surface area (Å²) in [4.78, 5) is 7.78. The number of nitrogens with zero attached hydrogens (tertiary/aromatic N) is 2. The minimum absolute atomic E-state index is 0.533. The molecule has 1 heterocycles. The zero-order valence-electron chi connectivity index (χ0n) is 6.37. The van der Waals surface area contributed by atoms with E-state index in [1.807, 2.05) is 0 Å². The van der Waals surface area contributed by atoms with Crippen LogP contribution in [0.25, 0.3) is 0 Å². The van der Waals surface area contributed by atoms with Gasteiger partial charge in [-0.15, -0.1) is 0 Å². The smallest absolute Gasteiger partial charge is 0.196 e. The largest absolute Gasteiger partial charge is 0.386 e. The van der Waals surface area contributed by atoms with Gasteiger partial charge in [0.25, 0.3) is 0 Å². The molecular weight excluding hydrogens is 208 g/mol. The summed E-state index contributed by atoms with van der Waals surface area (Å²) in [6.07, 6.45) is 3.19. The van der Waals surface area contributed by atoms with Crippen molar-refractivity contribution in [1.82, 2.24) is 9.97 Å². The maximum atomic E-state index is 9.48. The van der Waals surface area contributed by atoms with Gasteiger partial charge in [0, 0.05) is 18.0 Å². The molecule has 0 atom stereocenters. The molecule has 0 bridgehead atoms. The number of aliphatic hydroxyl groups is 1. The van der Waals surface area contributed by atoms with E-state index in [9.17, 15) is 5.11 Å². The molecule has 1 rings (SSSR count). The first-order valence-electron chi connectivity index (χ1n) is 3.20. The van der Waals surface area contributed by atoms with Crippen molar-refractivity contribution in [3.8, 4) is 0 Å². The van der Waals surface area contributed by atoms with Gasteiger partial charge in [0.2, 0.25) is 0 Å². The lowest BCUT2D eigenvalue weighted by Crippen LogP contribution is -2.15. The van der Waals surface area contributed by atoms with Crippen molar-refractivity contribution in [1.29, 1.82) is 0 Å². The SMILES string of the molecule is CC(C)(O)c1cnc(Br)nc1. The Morgan fingerprint density at radius 1 is 1.36 bits per heavy atom. The average Bonchev–Trinajstić information content (AvgIpc) is 1.86. The predicted molar refractivity (Wildman–Crippen MR) is 45.0 cm³/mol. The summed E-state index contributed by atoms with van der Waals surface area (Å²) in [5.74, 6) is 0. The van der Waals surface area contributed by atoms with Gasteiger partial charge >= 0.3 is 0 Å². The molecule has 1 aromatic heterocycles. The molecule has 0 aliphatic heterocycles. The minimum Gasteiger partial charge on any atom is -0.386 e. The van der Waals surface area contributed by atoms with Crippen molar-refractivity contribution >= 4 is 15.9 Å².